The predicted molar refractivity (Wildman–Crippen MR) is 110 cm³/mol. The summed E-state index contributed by atoms with van der Waals surface area (Å²) in [4.78, 5) is 26.0. The van der Waals surface area contributed by atoms with E-state index in [0.717, 1.165) is 24.2 Å². The number of benzene rings is 2. The molecule has 2 N–H and O–H groups in total. The molecule has 1 aliphatic heterocycles. The Morgan fingerprint density at radius 3 is 2.55 bits per heavy atom. The van der Waals surface area contributed by atoms with Crippen LogP contribution >= 0.6 is 0 Å². The van der Waals surface area contributed by atoms with Crippen molar-refractivity contribution in [1.29, 1.82) is 0 Å². The second kappa shape index (κ2) is 9.84. The van der Waals surface area contributed by atoms with Gasteiger partial charge in [-0.15, -0.1) is 0 Å². The molecule has 29 heavy (non-hydrogen) atoms. The highest BCUT2D eigenvalue weighted by Gasteiger charge is 2.13. The quantitative estimate of drug-likeness (QED) is 0.728. The van der Waals surface area contributed by atoms with Crippen LogP contribution in [0.1, 0.15) is 12.0 Å². The molecule has 0 aromatic heterocycles. The number of amides is 3. The zero-order valence-electron chi connectivity index (χ0n) is 16.3. The van der Waals surface area contributed by atoms with Crippen molar-refractivity contribution in [3.05, 3.63) is 71.6 Å². The zero-order chi connectivity index (χ0) is 20.6. The van der Waals surface area contributed by atoms with Crippen molar-refractivity contribution in [3.8, 4) is 0 Å². The number of rotatable bonds is 6. The second-order valence-electron chi connectivity index (χ2n) is 6.89. The number of urea groups is 1. The Kier molecular flexibility index (Phi) is 6.97. The van der Waals surface area contributed by atoms with Crippen LogP contribution in [0, 0.1) is 5.82 Å². The van der Waals surface area contributed by atoms with E-state index in [1.807, 2.05) is 0 Å². The van der Waals surface area contributed by atoms with Crippen LogP contribution in [0.2, 0.25) is 0 Å². The maximum Gasteiger partial charge on any atom is 0.321 e. The SMILES string of the molecule is CN(CC1=CCCOC1)C(=O)Nc1ccc(CC(=O)Nc2ccccc2F)cc1. The maximum absolute atomic E-state index is 13.6. The molecule has 0 saturated carbocycles. The molecule has 0 unspecified atom stereocenters. The average Bonchev–Trinajstić information content (AvgIpc) is 2.72. The number of para-hydroxylation sites is 1. The summed E-state index contributed by atoms with van der Waals surface area (Å²) in [5.41, 5.74) is 2.64. The van der Waals surface area contributed by atoms with Gasteiger partial charge in [-0.25, -0.2) is 9.18 Å². The van der Waals surface area contributed by atoms with Gasteiger partial charge in [0.2, 0.25) is 5.91 Å². The molecule has 6 nitrogen and oxygen atoms in total. The minimum absolute atomic E-state index is 0.108. The van der Waals surface area contributed by atoms with Gasteiger partial charge in [0, 0.05) is 19.3 Å². The lowest BCUT2D eigenvalue weighted by atomic mass is 10.1. The molecular weight excluding hydrogens is 373 g/mol. The van der Waals surface area contributed by atoms with Crippen molar-refractivity contribution in [2.45, 2.75) is 12.8 Å². The number of hydrogen-bond donors (Lipinski definition) is 2. The van der Waals surface area contributed by atoms with E-state index >= 15 is 0 Å². The van der Waals surface area contributed by atoms with Gasteiger partial charge in [0.1, 0.15) is 5.82 Å². The summed E-state index contributed by atoms with van der Waals surface area (Å²) in [6.45, 7) is 1.80. The number of nitrogens with one attached hydrogen (secondary N) is 2. The lowest BCUT2D eigenvalue weighted by Gasteiger charge is -2.21. The lowest BCUT2D eigenvalue weighted by molar-refractivity contribution is -0.115. The van der Waals surface area contributed by atoms with Gasteiger partial charge in [-0.3, -0.25) is 4.79 Å². The summed E-state index contributed by atoms with van der Waals surface area (Å²) >= 11 is 0. The third kappa shape index (κ3) is 6.15. The molecule has 0 saturated heterocycles. The summed E-state index contributed by atoms with van der Waals surface area (Å²) < 4.78 is 19.0. The van der Waals surface area contributed by atoms with Gasteiger partial charge < -0.3 is 20.3 Å². The molecule has 0 radical (unpaired) electrons. The first-order chi connectivity index (χ1) is 14.0. The van der Waals surface area contributed by atoms with Crippen LogP contribution in [-0.4, -0.2) is 43.6 Å². The highest BCUT2D eigenvalue weighted by atomic mass is 19.1. The number of halogens is 1. The third-order valence-electron chi connectivity index (χ3n) is 4.49. The Balaban J connectivity index is 1.50. The molecule has 7 heteroatoms. The summed E-state index contributed by atoms with van der Waals surface area (Å²) in [5, 5.41) is 5.38. The van der Waals surface area contributed by atoms with Gasteiger partial charge in [-0.05, 0) is 41.8 Å². The molecule has 3 amide bonds. The molecule has 1 aliphatic rings. The van der Waals surface area contributed by atoms with Crippen molar-refractivity contribution >= 4 is 23.3 Å². The Labute approximate surface area is 169 Å². The van der Waals surface area contributed by atoms with E-state index in [1.165, 1.54) is 12.1 Å². The van der Waals surface area contributed by atoms with Gasteiger partial charge in [0.05, 0.1) is 25.3 Å². The largest absolute Gasteiger partial charge is 0.377 e. The molecule has 2 aromatic rings. The number of carbonyl (C=O) groups excluding carboxylic acids is 2. The standard InChI is InChI=1S/C22H24FN3O3/c1-26(14-17-5-4-12-29-15-17)22(28)24-18-10-8-16(9-11-18)13-21(27)25-20-7-3-2-6-19(20)23/h2-3,5-11H,4,12-15H2,1H3,(H,24,28)(H,25,27). The number of carbonyl (C=O) groups is 2. The van der Waals surface area contributed by atoms with Gasteiger partial charge in [-0.2, -0.15) is 0 Å². The summed E-state index contributed by atoms with van der Waals surface area (Å²) in [6, 6.07) is 12.8. The summed E-state index contributed by atoms with van der Waals surface area (Å²) in [5.74, 6) is -0.784. The lowest BCUT2D eigenvalue weighted by Crippen LogP contribution is -2.34. The van der Waals surface area contributed by atoms with Crippen LogP contribution in [-0.2, 0) is 16.0 Å². The molecule has 0 bridgehead atoms. The number of anilines is 2. The fourth-order valence-electron chi connectivity index (χ4n) is 2.96. The molecule has 3 rings (SSSR count). The van der Waals surface area contributed by atoms with Crippen molar-refractivity contribution in [2.75, 3.05) is 37.4 Å². The molecule has 2 aromatic carbocycles. The summed E-state index contributed by atoms with van der Waals surface area (Å²) in [7, 11) is 1.73. The smallest absolute Gasteiger partial charge is 0.321 e. The van der Waals surface area contributed by atoms with Gasteiger partial charge in [0.25, 0.3) is 0 Å². The van der Waals surface area contributed by atoms with Crippen LogP contribution in [0.4, 0.5) is 20.6 Å². The number of ether oxygens (including phenoxy) is 1. The summed E-state index contributed by atoms with van der Waals surface area (Å²) in [6.07, 6.45) is 3.09. The van der Waals surface area contributed by atoms with E-state index in [0.29, 0.717) is 18.8 Å². The first-order valence-electron chi connectivity index (χ1n) is 9.42. The normalized spacial score (nSPS) is 13.4. The fraction of sp³-hybridized carbons (Fsp3) is 0.273. The molecule has 0 fully saturated rings. The van der Waals surface area contributed by atoms with E-state index in [2.05, 4.69) is 16.7 Å². The van der Waals surface area contributed by atoms with Crippen LogP contribution in [0.3, 0.4) is 0 Å². The fourth-order valence-corrected chi connectivity index (χ4v) is 2.96. The molecule has 0 atom stereocenters. The van der Waals surface area contributed by atoms with Crippen LogP contribution in [0.15, 0.2) is 60.2 Å². The van der Waals surface area contributed by atoms with E-state index in [4.69, 9.17) is 4.74 Å². The van der Waals surface area contributed by atoms with Crippen LogP contribution in [0.25, 0.3) is 0 Å². The maximum atomic E-state index is 13.6. The number of nitrogens with zero attached hydrogens (tertiary/aromatic N) is 1. The number of hydrogen-bond acceptors (Lipinski definition) is 3. The van der Waals surface area contributed by atoms with Crippen molar-refractivity contribution in [1.82, 2.24) is 4.90 Å². The van der Waals surface area contributed by atoms with Crippen LogP contribution in [0.5, 0.6) is 0 Å². The molecule has 0 spiro atoms. The molecular formula is C22H24FN3O3. The van der Waals surface area contributed by atoms with Crippen molar-refractivity contribution in [2.24, 2.45) is 0 Å². The Hall–Kier alpha value is -3.19. The Morgan fingerprint density at radius 1 is 1.10 bits per heavy atom. The molecule has 0 aliphatic carbocycles. The van der Waals surface area contributed by atoms with E-state index in [-0.39, 0.29) is 24.0 Å². The van der Waals surface area contributed by atoms with E-state index in [9.17, 15) is 14.0 Å². The highest BCUT2D eigenvalue weighted by molar-refractivity contribution is 5.92. The Morgan fingerprint density at radius 2 is 1.86 bits per heavy atom. The van der Waals surface area contributed by atoms with Crippen molar-refractivity contribution in [3.63, 3.8) is 0 Å². The molecule has 152 valence electrons. The monoisotopic (exact) mass is 397 g/mol. The van der Waals surface area contributed by atoms with Gasteiger partial charge in [0.15, 0.2) is 0 Å². The van der Waals surface area contributed by atoms with Gasteiger partial charge in [-0.1, -0.05) is 30.3 Å². The third-order valence-corrected chi connectivity index (χ3v) is 4.49. The van der Waals surface area contributed by atoms with E-state index < -0.39 is 5.82 Å². The topological polar surface area (TPSA) is 70.7 Å². The molecule has 1 heterocycles. The predicted octanol–water partition coefficient (Wildman–Crippen LogP) is 3.82. The number of likely N-dealkylation sites (N-methyl/N-ethyl adjacent to an activating group) is 1. The first-order valence-corrected chi connectivity index (χ1v) is 9.42. The van der Waals surface area contributed by atoms with Crippen molar-refractivity contribution < 1.29 is 18.7 Å². The minimum Gasteiger partial charge on any atom is -0.377 e. The first kappa shape index (κ1) is 20.5. The van der Waals surface area contributed by atoms with E-state index in [1.54, 1.807) is 48.3 Å². The zero-order valence-corrected chi connectivity index (χ0v) is 16.3. The average molecular weight is 397 g/mol. The van der Waals surface area contributed by atoms with Crippen LogP contribution < -0.4 is 10.6 Å². The highest BCUT2D eigenvalue weighted by Crippen LogP contribution is 2.15. The van der Waals surface area contributed by atoms with Gasteiger partial charge >= 0.3 is 6.03 Å². The minimum atomic E-state index is -0.474. The second-order valence-corrected chi connectivity index (χ2v) is 6.89. The Bertz CT molecular complexity index is 896.